The first-order valence-corrected chi connectivity index (χ1v) is 10.9. The number of aromatic nitrogens is 2. The number of carbonyl (C=O) groups excluding carboxylic acids is 1. The normalized spacial score (nSPS) is 23.1. The minimum Gasteiger partial charge on any atom is -0.378 e. The topological polar surface area (TPSA) is 73.2 Å². The van der Waals surface area contributed by atoms with E-state index in [1.54, 1.807) is 17.0 Å². The molecule has 1 N–H and O–H groups in total. The molecule has 2 saturated carbocycles. The van der Waals surface area contributed by atoms with Crippen LogP contribution >= 0.6 is 0 Å². The van der Waals surface area contributed by atoms with Crippen LogP contribution in [-0.4, -0.2) is 34.2 Å². The van der Waals surface area contributed by atoms with Gasteiger partial charge in [-0.1, -0.05) is 31.4 Å². The number of rotatable bonds is 6. The molecule has 1 aromatic carbocycles. The predicted molar refractivity (Wildman–Crippen MR) is 113 cm³/mol. The molecule has 2 atom stereocenters. The molecule has 2 aromatic rings. The molecule has 2 aliphatic carbocycles. The summed E-state index contributed by atoms with van der Waals surface area (Å²) in [6, 6.07) is 5.80. The lowest BCUT2D eigenvalue weighted by molar-refractivity contribution is -0.157. The van der Waals surface area contributed by atoms with E-state index in [4.69, 9.17) is 4.74 Å². The summed E-state index contributed by atoms with van der Waals surface area (Å²) in [5, 5.41) is 3.85. The van der Waals surface area contributed by atoms with Crippen molar-refractivity contribution in [2.75, 3.05) is 6.61 Å². The molecule has 0 aliphatic heterocycles. The van der Waals surface area contributed by atoms with Crippen molar-refractivity contribution in [3.05, 3.63) is 40.4 Å². The molecule has 0 radical (unpaired) electrons. The van der Waals surface area contributed by atoms with Gasteiger partial charge in [-0.05, 0) is 44.7 Å². The minimum atomic E-state index is -0.0877. The van der Waals surface area contributed by atoms with E-state index < -0.39 is 0 Å². The molecule has 0 unspecified atom stereocenters. The van der Waals surface area contributed by atoms with Crippen LogP contribution in [0.3, 0.4) is 0 Å². The van der Waals surface area contributed by atoms with Gasteiger partial charge >= 0.3 is 0 Å². The second-order valence-corrected chi connectivity index (χ2v) is 8.56. The van der Waals surface area contributed by atoms with Gasteiger partial charge in [0.15, 0.2) is 0 Å². The summed E-state index contributed by atoms with van der Waals surface area (Å²) in [6.45, 7) is 5.06. The summed E-state index contributed by atoms with van der Waals surface area (Å²) in [6.07, 6.45) is 8.99. The Hall–Kier alpha value is -2.21. The van der Waals surface area contributed by atoms with Crippen LogP contribution in [0.4, 0.5) is 0 Å². The number of nitrogens with one attached hydrogen (secondary N) is 1. The second kappa shape index (κ2) is 8.27. The Morgan fingerprint density at radius 3 is 2.86 bits per heavy atom. The third kappa shape index (κ3) is 3.70. The zero-order valence-corrected chi connectivity index (χ0v) is 17.4. The van der Waals surface area contributed by atoms with Crippen LogP contribution in [0.2, 0.25) is 0 Å². The fourth-order valence-electron chi connectivity index (χ4n) is 5.25. The van der Waals surface area contributed by atoms with E-state index in [9.17, 15) is 9.59 Å². The molecule has 156 valence electrons. The first-order valence-electron chi connectivity index (χ1n) is 10.9. The lowest BCUT2D eigenvalue weighted by Crippen LogP contribution is -2.65. The molecule has 1 amide bonds. The number of fused-ring (bicyclic) bond motifs is 1. The van der Waals surface area contributed by atoms with E-state index in [1.807, 2.05) is 26.0 Å². The number of hydrogen-bond donors (Lipinski definition) is 1. The van der Waals surface area contributed by atoms with Crippen molar-refractivity contribution in [2.24, 2.45) is 5.41 Å². The number of para-hydroxylation sites is 1. The SMILES string of the molecule is CCO[C@H]1C[C@@H](NC(=O)CCn2cnc3c(C)cccc3c2=O)C12CCCCC2. The summed E-state index contributed by atoms with van der Waals surface area (Å²) < 4.78 is 7.52. The van der Waals surface area contributed by atoms with E-state index in [2.05, 4.69) is 10.3 Å². The molecule has 2 aliphatic rings. The highest BCUT2D eigenvalue weighted by Crippen LogP contribution is 2.53. The van der Waals surface area contributed by atoms with Crippen LogP contribution < -0.4 is 10.9 Å². The predicted octanol–water partition coefficient (Wildman–Crippen LogP) is 3.34. The van der Waals surface area contributed by atoms with Crippen LogP contribution in [0.1, 0.15) is 57.4 Å². The minimum absolute atomic E-state index is 0.00568. The molecule has 1 spiro atoms. The zero-order valence-electron chi connectivity index (χ0n) is 17.4. The number of carbonyl (C=O) groups is 1. The van der Waals surface area contributed by atoms with Gasteiger partial charge in [0.05, 0.1) is 23.3 Å². The van der Waals surface area contributed by atoms with Crippen LogP contribution in [0.15, 0.2) is 29.3 Å². The van der Waals surface area contributed by atoms with Crippen LogP contribution in [0, 0.1) is 12.3 Å². The fraction of sp³-hybridized carbons (Fsp3) is 0.609. The van der Waals surface area contributed by atoms with E-state index >= 15 is 0 Å². The van der Waals surface area contributed by atoms with Crippen LogP contribution in [-0.2, 0) is 16.1 Å². The van der Waals surface area contributed by atoms with Gasteiger partial charge in [-0.3, -0.25) is 14.2 Å². The van der Waals surface area contributed by atoms with Crippen molar-refractivity contribution in [3.63, 3.8) is 0 Å². The molecule has 2 fully saturated rings. The highest BCUT2D eigenvalue weighted by molar-refractivity contribution is 5.80. The Bertz CT molecular complexity index is 946. The number of amides is 1. The van der Waals surface area contributed by atoms with Gasteiger partial charge in [0, 0.05) is 31.0 Å². The van der Waals surface area contributed by atoms with E-state index in [0.29, 0.717) is 11.9 Å². The standard InChI is InChI=1S/C23H31N3O3/c1-3-29-19-14-18(23(19)11-5-4-6-12-23)25-20(27)10-13-26-15-24-21-16(2)8-7-9-17(21)22(26)28/h7-9,15,18-19H,3-6,10-14H2,1-2H3,(H,25,27)/t18-,19+/m1/s1. The van der Waals surface area contributed by atoms with E-state index in [1.165, 1.54) is 19.3 Å². The van der Waals surface area contributed by atoms with Gasteiger partial charge in [0.25, 0.3) is 5.56 Å². The average Bonchev–Trinajstić information content (AvgIpc) is 2.74. The molecule has 29 heavy (non-hydrogen) atoms. The lowest BCUT2D eigenvalue weighted by atomic mass is 9.55. The number of ether oxygens (including phenoxy) is 1. The smallest absolute Gasteiger partial charge is 0.261 e. The summed E-state index contributed by atoms with van der Waals surface area (Å²) in [4.78, 5) is 29.8. The summed E-state index contributed by atoms with van der Waals surface area (Å²) in [5.74, 6) is 0.00568. The Balaban J connectivity index is 1.40. The number of hydrogen-bond acceptors (Lipinski definition) is 4. The van der Waals surface area contributed by atoms with Gasteiger partial charge in [0.1, 0.15) is 0 Å². The molecule has 6 heteroatoms. The Kier molecular flexibility index (Phi) is 5.72. The molecule has 4 rings (SSSR count). The van der Waals surface area contributed by atoms with Crippen molar-refractivity contribution < 1.29 is 9.53 Å². The van der Waals surface area contributed by atoms with Gasteiger partial charge in [-0.2, -0.15) is 0 Å². The maximum absolute atomic E-state index is 12.7. The highest BCUT2D eigenvalue weighted by atomic mass is 16.5. The van der Waals surface area contributed by atoms with Crippen molar-refractivity contribution in [2.45, 2.75) is 77.5 Å². The molecule has 6 nitrogen and oxygen atoms in total. The van der Waals surface area contributed by atoms with Crippen molar-refractivity contribution in [1.29, 1.82) is 0 Å². The maximum Gasteiger partial charge on any atom is 0.261 e. The Morgan fingerprint density at radius 1 is 1.31 bits per heavy atom. The zero-order chi connectivity index (χ0) is 20.4. The molecular formula is C23H31N3O3. The number of benzene rings is 1. The second-order valence-electron chi connectivity index (χ2n) is 8.56. The summed E-state index contributed by atoms with van der Waals surface area (Å²) in [7, 11) is 0. The van der Waals surface area contributed by atoms with Crippen molar-refractivity contribution >= 4 is 16.8 Å². The first kappa shape index (κ1) is 20.1. The van der Waals surface area contributed by atoms with Gasteiger partial charge in [-0.15, -0.1) is 0 Å². The van der Waals surface area contributed by atoms with Gasteiger partial charge in [-0.25, -0.2) is 4.98 Å². The van der Waals surface area contributed by atoms with Crippen molar-refractivity contribution in [3.8, 4) is 0 Å². The molecule has 1 aromatic heterocycles. The van der Waals surface area contributed by atoms with Gasteiger partial charge < -0.3 is 10.1 Å². The lowest BCUT2D eigenvalue weighted by Gasteiger charge is -2.57. The summed E-state index contributed by atoms with van der Waals surface area (Å²) in [5.41, 5.74) is 1.74. The average molecular weight is 398 g/mol. The van der Waals surface area contributed by atoms with E-state index in [0.717, 1.165) is 36.9 Å². The first-order chi connectivity index (χ1) is 14.0. The fourth-order valence-corrected chi connectivity index (χ4v) is 5.25. The van der Waals surface area contributed by atoms with E-state index in [-0.39, 0.29) is 35.4 Å². The largest absolute Gasteiger partial charge is 0.378 e. The number of nitrogens with zero attached hydrogens (tertiary/aromatic N) is 2. The van der Waals surface area contributed by atoms with Gasteiger partial charge in [0.2, 0.25) is 5.91 Å². The third-order valence-corrected chi connectivity index (χ3v) is 6.91. The van der Waals surface area contributed by atoms with Crippen molar-refractivity contribution in [1.82, 2.24) is 14.9 Å². The molecule has 1 heterocycles. The van der Waals surface area contributed by atoms with Crippen LogP contribution in [0.5, 0.6) is 0 Å². The number of aryl methyl sites for hydroxylation is 2. The Labute approximate surface area is 171 Å². The van der Waals surface area contributed by atoms with Crippen LogP contribution in [0.25, 0.3) is 10.9 Å². The maximum atomic E-state index is 12.7. The third-order valence-electron chi connectivity index (χ3n) is 6.91. The monoisotopic (exact) mass is 397 g/mol. The molecule has 0 saturated heterocycles. The quantitative estimate of drug-likeness (QED) is 0.811. The molecular weight excluding hydrogens is 366 g/mol. The molecule has 0 bridgehead atoms. The summed E-state index contributed by atoms with van der Waals surface area (Å²) >= 11 is 0. The highest BCUT2D eigenvalue weighted by Gasteiger charge is 2.55. The Morgan fingerprint density at radius 2 is 2.10 bits per heavy atom.